The Balaban J connectivity index is 1.77. The SMILES string of the molecule is CC(C)(C)c1ccc(NC(=O)c2ccc(-c3ncccc3C(=N)N)cc2)cc1. The number of nitrogens with one attached hydrogen (secondary N) is 2. The number of carbonyl (C=O) groups is 1. The number of amidine groups is 1. The summed E-state index contributed by atoms with van der Waals surface area (Å²) in [6.45, 7) is 6.46. The van der Waals surface area contributed by atoms with E-state index >= 15 is 0 Å². The van der Waals surface area contributed by atoms with Crippen LogP contribution in [0.3, 0.4) is 0 Å². The van der Waals surface area contributed by atoms with Gasteiger partial charge in [-0.1, -0.05) is 45.0 Å². The molecule has 0 atom stereocenters. The number of aromatic nitrogens is 1. The van der Waals surface area contributed by atoms with E-state index in [9.17, 15) is 4.79 Å². The molecule has 0 unspecified atom stereocenters. The van der Waals surface area contributed by atoms with Gasteiger partial charge in [0.2, 0.25) is 0 Å². The Morgan fingerprint density at radius 3 is 2.21 bits per heavy atom. The van der Waals surface area contributed by atoms with Crippen molar-refractivity contribution in [1.29, 1.82) is 5.41 Å². The maximum atomic E-state index is 12.5. The third-order valence-corrected chi connectivity index (χ3v) is 4.53. The van der Waals surface area contributed by atoms with E-state index in [1.54, 1.807) is 30.5 Å². The number of anilines is 1. The maximum absolute atomic E-state index is 12.5. The number of benzene rings is 2. The zero-order valence-corrected chi connectivity index (χ0v) is 16.3. The fraction of sp³-hybridized carbons (Fsp3) is 0.174. The van der Waals surface area contributed by atoms with Crippen LogP contribution in [-0.4, -0.2) is 16.7 Å². The minimum atomic E-state index is -0.178. The normalized spacial score (nSPS) is 11.1. The zero-order chi connectivity index (χ0) is 20.3. The smallest absolute Gasteiger partial charge is 0.255 e. The molecule has 0 bridgehead atoms. The fourth-order valence-corrected chi connectivity index (χ4v) is 2.89. The summed E-state index contributed by atoms with van der Waals surface area (Å²) >= 11 is 0. The van der Waals surface area contributed by atoms with Crippen molar-refractivity contribution in [3.05, 3.63) is 83.6 Å². The number of pyridine rings is 1. The van der Waals surface area contributed by atoms with Crippen LogP contribution in [0.25, 0.3) is 11.3 Å². The van der Waals surface area contributed by atoms with Gasteiger partial charge in [-0.15, -0.1) is 0 Å². The minimum absolute atomic E-state index is 0.0383. The molecule has 0 radical (unpaired) electrons. The summed E-state index contributed by atoms with van der Waals surface area (Å²) < 4.78 is 0. The summed E-state index contributed by atoms with van der Waals surface area (Å²) in [6.07, 6.45) is 1.66. The van der Waals surface area contributed by atoms with Crippen LogP contribution in [-0.2, 0) is 5.41 Å². The summed E-state index contributed by atoms with van der Waals surface area (Å²) in [5, 5.41) is 10.6. The predicted octanol–water partition coefficient (Wildman–Crippen LogP) is 4.58. The Bertz CT molecular complexity index is 1000. The van der Waals surface area contributed by atoms with Crippen molar-refractivity contribution in [2.75, 3.05) is 5.32 Å². The highest BCUT2D eigenvalue weighted by Gasteiger charge is 2.14. The van der Waals surface area contributed by atoms with E-state index in [-0.39, 0.29) is 17.2 Å². The van der Waals surface area contributed by atoms with E-state index < -0.39 is 0 Å². The maximum Gasteiger partial charge on any atom is 0.255 e. The van der Waals surface area contributed by atoms with Crippen molar-refractivity contribution in [3.63, 3.8) is 0 Å². The second-order valence-electron chi connectivity index (χ2n) is 7.67. The quantitative estimate of drug-likeness (QED) is 0.462. The molecular weight excluding hydrogens is 348 g/mol. The van der Waals surface area contributed by atoms with Crippen LogP contribution < -0.4 is 11.1 Å². The first-order chi connectivity index (χ1) is 13.3. The van der Waals surface area contributed by atoms with Gasteiger partial charge in [-0.05, 0) is 47.4 Å². The van der Waals surface area contributed by atoms with E-state index in [1.165, 1.54) is 5.56 Å². The number of carbonyl (C=O) groups excluding carboxylic acids is 1. The lowest BCUT2D eigenvalue weighted by Gasteiger charge is -2.19. The predicted molar refractivity (Wildman–Crippen MR) is 114 cm³/mol. The Hall–Kier alpha value is -3.47. The van der Waals surface area contributed by atoms with Gasteiger partial charge in [-0.2, -0.15) is 0 Å². The summed E-state index contributed by atoms with van der Waals surface area (Å²) in [4.78, 5) is 16.9. The highest BCUT2D eigenvalue weighted by atomic mass is 16.1. The van der Waals surface area contributed by atoms with Crippen LogP contribution >= 0.6 is 0 Å². The molecule has 0 fully saturated rings. The van der Waals surface area contributed by atoms with E-state index in [0.29, 0.717) is 16.8 Å². The average Bonchev–Trinajstić information content (AvgIpc) is 2.68. The van der Waals surface area contributed by atoms with Gasteiger partial charge in [0.05, 0.1) is 5.69 Å². The summed E-state index contributed by atoms with van der Waals surface area (Å²) in [5.41, 5.74) is 10.2. The van der Waals surface area contributed by atoms with Gasteiger partial charge in [0, 0.05) is 28.6 Å². The molecular formula is C23H24N4O. The third kappa shape index (κ3) is 4.26. The summed E-state index contributed by atoms with van der Waals surface area (Å²) in [5.74, 6) is -0.216. The third-order valence-electron chi connectivity index (χ3n) is 4.53. The molecule has 0 aliphatic rings. The molecule has 5 heteroatoms. The van der Waals surface area contributed by atoms with Gasteiger partial charge in [-0.25, -0.2) is 0 Å². The highest BCUT2D eigenvalue weighted by Crippen LogP contribution is 2.24. The molecule has 2 aromatic carbocycles. The molecule has 1 aromatic heterocycles. The lowest BCUT2D eigenvalue weighted by molar-refractivity contribution is 0.102. The Morgan fingerprint density at radius 1 is 1.00 bits per heavy atom. The van der Waals surface area contributed by atoms with Crippen molar-refractivity contribution in [2.24, 2.45) is 5.73 Å². The Kier molecular flexibility index (Phi) is 5.27. The van der Waals surface area contributed by atoms with Gasteiger partial charge in [-0.3, -0.25) is 15.2 Å². The van der Waals surface area contributed by atoms with Crippen LogP contribution in [0, 0.1) is 5.41 Å². The highest BCUT2D eigenvalue weighted by molar-refractivity contribution is 6.05. The number of hydrogen-bond donors (Lipinski definition) is 3. The molecule has 0 saturated heterocycles. The number of nitrogens with two attached hydrogens (primary N) is 1. The lowest BCUT2D eigenvalue weighted by Crippen LogP contribution is -2.14. The van der Waals surface area contributed by atoms with Gasteiger partial charge < -0.3 is 11.1 Å². The number of amides is 1. The first-order valence-corrected chi connectivity index (χ1v) is 9.07. The first-order valence-electron chi connectivity index (χ1n) is 9.07. The molecule has 1 amide bonds. The second-order valence-corrected chi connectivity index (χ2v) is 7.67. The second kappa shape index (κ2) is 7.64. The van der Waals surface area contributed by atoms with Gasteiger partial charge in [0.25, 0.3) is 5.91 Å². The van der Waals surface area contributed by atoms with Crippen LogP contribution in [0.4, 0.5) is 5.69 Å². The van der Waals surface area contributed by atoms with Crippen molar-refractivity contribution < 1.29 is 4.79 Å². The molecule has 4 N–H and O–H groups in total. The molecule has 28 heavy (non-hydrogen) atoms. The number of hydrogen-bond acceptors (Lipinski definition) is 3. The van der Waals surface area contributed by atoms with Gasteiger partial charge >= 0.3 is 0 Å². The Labute approximate surface area is 165 Å². The number of nitrogen functional groups attached to an aromatic ring is 1. The van der Waals surface area contributed by atoms with Crippen LogP contribution in [0.15, 0.2) is 66.9 Å². The van der Waals surface area contributed by atoms with Crippen LogP contribution in [0.1, 0.15) is 42.3 Å². The van der Waals surface area contributed by atoms with Crippen LogP contribution in [0.5, 0.6) is 0 Å². The molecule has 142 valence electrons. The largest absolute Gasteiger partial charge is 0.384 e. The molecule has 5 nitrogen and oxygen atoms in total. The topological polar surface area (TPSA) is 91.9 Å². The molecule has 0 saturated carbocycles. The molecule has 0 aliphatic carbocycles. The lowest BCUT2D eigenvalue weighted by atomic mass is 9.87. The van der Waals surface area contributed by atoms with Crippen molar-refractivity contribution in [3.8, 4) is 11.3 Å². The molecule has 3 rings (SSSR count). The summed E-state index contributed by atoms with van der Waals surface area (Å²) in [7, 11) is 0. The first kappa shape index (κ1) is 19.3. The fourth-order valence-electron chi connectivity index (χ4n) is 2.89. The van der Waals surface area contributed by atoms with Gasteiger partial charge in [0.15, 0.2) is 0 Å². The zero-order valence-electron chi connectivity index (χ0n) is 16.3. The molecule has 1 heterocycles. The van der Waals surface area contributed by atoms with Gasteiger partial charge in [0.1, 0.15) is 5.84 Å². The number of rotatable bonds is 4. The van der Waals surface area contributed by atoms with Crippen molar-refractivity contribution in [2.45, 2.75) is 26.2 Å². The average molecular weight is 372 g/mol. The van der Waals surface area contributed by atoms with Crippen molar-refractivity contribution in [1.82, 2.24) is 4.98 Å². The molecule has 3 aromatic rings. The van der Waals surface area contributed by atoms with E-state index in [4.69, 9.17) is 11.1 Å². The Morgan fingerprint density at radius 2 is 1.64 bits per heavy atom. The monoisotopic (exact) mass is 372 g/mol. The van der Waals surface area contributed by atoms with Crippen molar-refractivity contribution >= 4 is 17.4 Å². The number of nitrogens with zero attached hydrogens (tertiary/aromatic N) is 1. The summed E-state index contributed by atoms with van der Waals surface area (Å²) in [6, 6.07) is 18.5. The molecule has 0 aliphatic heterocycles. The van der Waals surface area contributed by atoms with E-state index in [2.05, 4.69) is 31.1 Å². The molecule has 0 spiro atoms. The standard InChI is InChI=1S/C23H24N4O/c1-23(2,3)17-10-12-18(13-11-17)27-22(28)16-8-6-15(7-9-16)20-19(21(24)25)5-4-14-26-20/h4-14H,1-3H3,(H3,24,25)(H,27,28). The van der Waals surface area contributed by atoms with Crippen LogP contribution in [0.2, 0.25) is 0 Å². The van der Waals surface area contributed by atoms with E-state index in [1.807, 2.05) is 36.4 Å². The minimum Gasteiger partial charge on any atom is -0.384 e. The van der Waals surface area contributed by atoms with E-state index in [0.717, 1.165) is 11.3 Å².